The standard InChI is InChI=1S/C19H12F10O3/c1-2-31-15(30)10-3-8-14(13(20)9-10)32-12-6-4-11(5-7-12)16(21,22)17(23,24)18(25,26)19(27,28)29/h3-9H,2H2,1H3. The summed E-state index contributed by atoms with van der Waals surface area (Å²) >= 11 is 0. The lowest BCUT2D eigenvalue weighted by atomic mass is 9.97. The topological polar surface area (TPSA) is 35.5 Å². The molecule has 0 N–H and O–H groups in total. The van der Waals surface area contributed by atoms with Crippen LogP contribution in [0.4, 0.5) is 43.9 Å². The molecule has 0 aromatic heterocycles. The summed E-state index contributed by atoms with van der Waals surface area (Å²) in [6, 6.07) is 4.10. The zero-order chi connectivity index (χ0) is 24.5. The second kappa shape index (κ2) is 8.51. The Balaban J connectivity index is 2.27. The van der Waals surface area contributed by atoms with Crippen molar-refractivity contribution >= 4 is 5.97 Å². The van der Waals surface area contributed by atoms with Crippen LogP contribution < -0.4 is 4.74 Å². The van der Waals surface area contributed by atoms with Crippen LogP contribution in [0.15, 0.2) is 42.5 Å². The number of rotatable bonds is 7. The predicted octanol–water partition coefficient (Wildman–Crippen LogP) is 6.72. The average Bonchev–Trinajstić information content (AvgIpc) is 2.69. The van der Waals surface area contributed by atoms with E-state index < -0.39 is 52.8 Å². The number of carbonyl (C=O) groups is 1. The molecule has 0 saturated carbocycles. The Labute approximate surface area is 173 Å². The molecule has 0 radical (unpaired) electrons. The molecule has 13 heteroatoms. The first-order valence-corrected chi connectivity index (χ1v) is 8.51. The maximum atomic E-state index is 14.1. The van der Waals surface area contributed by atoms with Crippen LogP contribution in [0.1, 0.15) is 22.8 Å². The van der Waals surface area contributed by atoms with Gasteiger partial charge in [0.1, 0.15) is 5.75 Å². The third-order valence-electron chi connectivity index (χ3n) is 4.03. The van der Waals surface area contributed by atoms with E-state index in [0.29, 0.717) is 12.1 Å². The summed E-state index contributed by atoms with van der Waals surface area (Å²) in [4.78, 5) is 11.5. The van der Waals surface area contributed by atoms with Gasteiger partial charge in [0.05, 0.1) is 12.2 Å². The molecule has 2 rings (SSSR count). The van der Waals surface area contributed by atoms with Gasteiger partial charge in [0.15, 0.2) is 11.6 Å². The van der Waals surface area contributed by atoms with Gasteiger partial charge in [0.2, 0.25) is 0 Å². The highest BCUT2D eigenvalue weighted by atomic mass is 19.4. The minimum absolute atomic E-state index is 0.0175. The van der Waals surface area contributed by atoms with Crippen molar-refractivity contribution in [3.05, 3.63) is 59.4 Å². The molecule has 0 unspecified atom stereocenters. The zero-order valence-corrected chi connectivity index (χ0v) is 15.8. The monoisotopic (exact) mass is 478 g/mol. The summed E-state index contributed by atoms with van der Waals surface area (Å²) in [5, 5.41) is 0. The molecule has 0 aliphatic rings. The van der Waals surface area contributed by atoms with Crippen molar-refractivity contribution < 1.29 is 58.2 Å². The van der Waals surface area contributed by atoms with Gasteiger partial charge in [-0.15, -0.1) is 0 Å². The number of hydrogen-bond donors (Lipinski definition) is 0. The van der Waals surface area contributed by atoms with E-state index >= 15 is 0 Å². The van der Waals surface area contributed by atoms with Crippen molar-refractivity contribution in [3.8, 4) is 11.5 Å². The molecule has 0 fully saturated rings. The lowest BCUT2D eigenvalue weighted by molar-refractivity contribution is -0.399. The molecule has 2 aromatic rings. The smallest absolute Gasteiger partial charge is 0.460 e. The van der Waals surface area contributed by atoms with Crippen molar-refractivity contribution in [2.75, 3.05) is 6.61 Å². The number of esters is 1. The van der Waals surface area contributed by atoms with Crippen molar-refractivity contribution in [2.45, 2.75) is 30.9 Å². The Morgan fingerprint density at radius 1 is 0.844 bits per heavy atom. The Morgan fingerprint density at radius 2 is 1.41 bits per heavy atom. The van der Waals surface area contributed by atoms with Crippen molar-refractivity contribution in [1.29, 1.82) is 0 Å². The van der Waals surface area contributed by atoms with E-state index in [0.717, 1.165) is 18.2 Å². The summed E-state index contributed by atoms with van der Waals surface area (Å²) < 4.78 is 141. The summed E-state index contributed by atoms with van der Waals surface area (Å²) in [6.07, 6.45) is -6.93. The number of benzene rings is 2. The normalized spacial score (nSPS) is 13.1. The molecule has 0 amide bonds. The van der Waals surface area contributed by atoms with E-state index in [4.69, 9.17) is 4.74 Å². The SMILES string of the molecule is CCOC(=O)c1ccc(Oc2ccc(C(F)(F)C(F)(F)C(F)(F)C(F)(F)F)cc2)c(F)c1. The van der Waals surface area contributed by atoms with Gasteiger partial charge in [0, 0.05) is 5.56 Å². The molecule has 32 heavy (non-hydrogen) atoms. The van der Waals surface area contributed by atoms with E-state index in [-0.39, 0.29) is 24.3 Å². The minimum atomic E-state index is -7.03. The molecule has 176 valence electrons. The van der Waals surface area contributed by atoms with Gasteiger partial charge in [-0.25, -0.2) is 9.18 Å². The second-order valence-corrected chi connectivity index (χ2v) is 6.21. The lowest BCUT2D eigenvalue weighted by Gasteiger charge is -2.33. The molecular weight excluding hydrogens is 466 g/mol. The summed E-state index contributed by atoms with van der Waals surface area (Å²) in [5.41, 5.74) is -2.04. The van der Waals surface area contributed by atoms with E-state index in [9.17, 15) is 48.7 Å². The number of halogens is 10. The molecule has 0 bridgehead atoms. The van der Waals surface area contributed by atoms with Gasteiger partial charge in [0.25, 0.3) is 0 Å². The van der Waals surface area contributed by atoms with Crippen molar-refractivity contribution in [2.24, 2.45) is 0 Å². The van der Waals surface area contributed by atoms with E-state index in [1.54, 1.807) is 0 Å². The maximum absolute atomic E-state index is 14.1. The molecule has 0 heterocycles. The Bertz CT molecular complexity index is 968. The van der Waals surface area contributed by atoms with Crippen LogP contribution in [0.2, 0.25) is 0 Å². The van der Waals surface area contributed by atoms with E-state index in [1.807, 2.05) is 0 Å². The van der Waals surface area contributed by atoms with Crippen LogP contribution in [0.25, 0.3) is 0 Å². The number of carbonyl (C=O) groups excluding carboxylic acids is 1. The summed E-state index contributed by atoms with van der Waals surface area (Å²) in [5.74, 6) is -22.7. The minimum Gasteiger partial charge on any atom is -0.462 e. The Kier molecular flexibility index (Phi) is 6.72. The Morgan fingerprint density at radius 3 is 1.88 bits per heavy atom. The third kappa shape index (κ3) is 4.46. The third-order valence-corrected chi connectivity index (χ3v) is 4.03. The fraction of sp³-hybridized carbons (Fsp3) is 0.316. The summed E-state index contributed by atoms with van der Waals surface area (Å²) in [7, 11) is 0. The summed E-state index contributed by atoms with van der Waals surface area (Å²) in [6.45, 7) is 1.53. The molecule has 2 aromatic carbocycles. The van der Waals surface area contributed by atoms with E-state index in [2.05, 4.69) is 4.74 Å². The Hall–Kier alpha value is -2.99. The van der Waals surface area contributed by atoms with Gasteiger partial charge < -0.3 is 9.47 Å². The zero-order valence-electron chi connectivity index (χ0n) is 15.8. The molecule has 0 spiro atoms. The highest BCUT2D eigenvalue weighted by Gasteiger charge is 2.82. The van der Waals surface area contributed by atoms with Gasteiger partial charge >= 0.3 is 29.9 Å². The molecular formula is C19H12F10O3. The van der Waals surface area contributed by atoms with Gasteiger partial charge in [-0.1, -0.05) is 0 Å². The van der Waals surface area contributed by atoms with Crippen LogP contribution in [0.5, 0.6) is 11.5 Å². The number of hydrogen-bond acceptors (Lipinski definition) is 3. The maximum Gasteiger partial charge on any atom is 0.460 e. The first-order valence-electron chi connectivity index (χ1n) is 8.51. The first kappa shape index (κ1) is 25.3. The highest BCUT2D eigenvalue weighted by Crippen LogP contribution is 2.56. The van der Waals surface area contributed by atoms with Crippen molar-refractivity contribution in [3.63, 3.8) is 0 Å². The van der Waals surface area contributed by atoms with E-state index in [1.165, 1.54) is 6.92 Å². The second-order valence-electron chi connectivity index (χ2n) is 6.21. The van der Waals surface area contributed by atoms with Gasteiger partial charge in [-0.3, -0.25) is 0 Å². The predicted molar refractivity (Wildman–Crippen MR) is 88.7 cm³/mol. The quantitative estimate of drug-likeness (QED) is 0.328. The molecule has 0 aliphatic heterocycles. The average molecular weight is 478 g/mol. The van der Waals surface area contributed by atoms with Gasteiger partial charge in [-0.2, -0.15) is 39.5 Å². The van der Waals surface area contributed by atoms with Crippen LogP contribution in [0, 0.1) is 5.82 Å². The van der Waals surface area contributed by atoms with Crippen molar-refractivity contribution in [1.82, 2.24) is 0 Å². The van der Waals surface area contributed by atoms with Crippen LogP contribution >= 0.6 is 0 Å². The molecule has 3 nitrogen and oxygen atoms in total. The number of alkyl halides is 9. The van der Waals surface area contributed by atoms with Crippen LogP contribution in [-0.4, -0.2) is 30.6 Å². The highest BCUT2D eigenvalue weighted by molar-refractivity contribution is 5.89. The molecule has 0 atom stereocenters. The van der Waals surface area contributed by atoms with Gasteiger partial charge in [-0.05, 0) is 49.4 Å². The largest absolute Gasteiger partial charge is 0.462 e. The van der Waals surface area contributed by atoms with Crippen LogP contribution in [0.3, 0.4) is 0 Å². The fourth-order valence-electron chi connectivity index (χ4n) is 2.34. The molecule has 0 aliphatic carbocycles. The van der Waals surface area contributed by atoms with Crippen LogP contribution in [-0.2, 0) is 10.7 Å². The lowest BCUT2D eigenvalue weighted by Crippen LogP contribution is -2.59. The fourth-order valence-corrected chi connectivity index (χ4v) is 2.34. The first-order chi connectivity index (χ1) is 14.6. The number of ether oxygens (including phenoxy) is 2. The molecule has 0 saturated heterocycles.